The minimum atomic E-state index is -0.475. The lowest BCUT2D eigenvalue weighted by Crippen LogP contribution is -2.51. The predicted octanol–water partition coefficient (Wildman–Crippen LogP) is 22.2. The number of hydrogen-bond acceptors (Lipinski definition) is 19. The number of Topliss-reactive ketones (excluding diaryl/α,β-unsaturated/α-hetero) is 9. The van der Waals surface area contributed by atoms with Gasteiger partial charge in [-0.2, -0.15) is 0 Å². The predicted molar refractivity (Wildman–Crippen MR) is 610 cm³/mol. The van der Waals surface area contributed by atoms with Gasteiger partial charge in [0.15, 0.2) is 52.0 Å². The Labute approximate surface area is 909 Å². The first kappa shape index (κ1) is 131. The molecule has 2 aliphatic rings. The van der Waals surface area contributed by atoms with E-state index in [2.05, 4.69) is 54.0 Å². The number of nitrogens with zero attached hydrogens (tertiary/aromatic N) is 2. The van der Waals surface area contributed by atoms with Crippen LogP contribution in [0, 0.1) is 70.3 Å². The van der Waals surface area contributed by atoms with Crippen LogP contribution in [0.1, 0.15) is 214 Å². The number of likely N-dealkylation sites (N-methyl/N-ethyl adjacent to an activating group) is 1. The maximum atomic E-state index is 12.6. The second kappa shape index (κ2) is 70.0. The van der Waals surface area contributed by atoms with Gasteiger partial charge in [-0.1, -0.05) is 315 Å². The summed E-state index contributed by atoms with van der Waals surface area (Å²) in [4.78, 5) is 124. The summed E-state index contributed by atoms with van der Waals surface area (Å²) >= 11 is 37.5. The molecule has 0 bridgehead atoms. The van der Waals surface area contributed by atoms with Gasteiger partial charge in [0.25, 0.3) is 0 Å². The number of ketones is 9. The minimum absolute atomic E-state index is 0.00731. The van der Waals surface area contributed by atoms with Gasteiger partial charge in [0.2, 0.25) is 5.91 Å². The fourth-order valence-corrected chi connectivity index (χ4v) is 16.9. The highest BCUT2D eigenvalue weighted by molar-refractivity contribution is 14.1. The number of benzene rings is 8. The standard InChI is InChI=1S/C19H27ClN2O2.C18H26ClNO2.C17H25ClN2O.C13H18ClNO.C13H16N2O.C13H19NO.C12H15Cl2NO.C12H16INO/c1-13(2)19(24)18(12-15-4-6-16(20)7-5-15)21-17-8-10-22(11-9-17)14(3)23;1-12(2)9-16(21)11-20-17(18(22)13(3)4)10-14-5-7-15(19)8-6-14;1-12(2)17(21)16(20-15-7-9-19-10-8-15)11-13-3-5-14(18)6-4-13;1-9(2)13(16)12(15-3)8-10-4-6-11(14)7-5-10;1-9(2)13(16)12(14)8-10-4-6-11(15-3)7-5-10;1-9(2)13(15)12(14)8-11-6-4-10(3)5-7-11;1-7(2)12(16)11(15)6-8-3-4-9(13)10(14)5-8;1-8(2)12(15)11(14)7-9-3-5-10(13)6-4-9/h4-7,13,17-18,21H,8-12H2,1-3H3;5-8,12-13,17,20H,9-11H2,1-4H3;3-6,12,15-16,19-20H,7-11H2,1-2H3;4-7,9,12,15H,8H2,1-3H3;4-7,9,12H,8,14H2,1-2H3;4-7,9,12H,8,14H2,1-3H3;3-5,7,11H,6,15H2,1-2H3;3-6,8,11H,7,14H2,1-2H3/t18-;17-;16-;3*12-;2*11-/m11111111/s1. The highest BCUT2D eigenvalue weighted by Gasteiger charge is 2.31. The van der Waals surface area contributed by atoms with Crippen LogP contribution in [0.2, 0.25) is 30.1 Å². The fourth-order valence-electron chi connectivity index (χ4n) is 15.7. The molecule has 8 atom stereocenters. The molecular formula is C117H162Cl6IN11O10. The highest BCUT2D eigenvalue weighted by Crippen LogP contribution is 2.26. The lowest BCUT2D eigenvalue weighted by Gasteiger charge is -2.34. The van der Waals surface area contributed by atoms with E-state index < -0.39 is 12.1 Å². The number of carbonyl (C=O) groups is 10. The van der Waals surface area contributed by atoms with E-state index in [0.29, 0.717) is 94.9 Å². The third-order valence-corrected chi connectivity index (χ3v) is 26.9. The number of nitrogens with two attached hydrogens (primary N) is 4. The van der Waals surface area contributed by atoms with Crippen LogP contribution in [-0.4, -0.2) is 163 Å². The Morgan fingerprint density at radius 3 is 0.959 bits per heavy atom. The van der Waals surface area contributed by atoms with Gasteiger partial charge in [-0.05, 0) is 250 Å². The Balaban J connectivity index is 0.000000428. The molecule has 2 fully saturated rings. The van der Waals surface area contributed by atoms with Crippen LogP contribution < -0.4 is 49.5 Å². The normalized spacial score (nSPS) is 14.2. The second-order valence-corrected chi connectivity index (χ2v) is 44.1. The average molecular weight is 2220 g/mol. The molecular weight excluding hydrogens is 2060 g/mol. The highest BCUT2D eigenvalue weighted by atomic mass is 127. The Hall–Kier alpha value is -8.14. The van der Waals surface area contributed by atoms with Crippen LogP contribution >= 0.6 is 92.2 Å². The topological polar surface area (TPSA) is 343 Å². The Morgan fingerprint density at radius 1 is 0.372 bits per heavy atom. The van der Waals surface area contributed by atoms with E-state index in [4.69, 9.17) is 99.1 Å². The summed E-state index contributed by atoms with van der Waals surface area (Å²) in [6.45, 7) is 48.7. The molecule has 2 aliphatic heterocycles. The van der Waals surface area contributed by atoms with E-state index in [1.165, 1.54) is 9.13 Å². The van der Waals surface area contributed by atoms with E-state index in [-0.39, 0.29) is 148 Å². The van der Waals surface area contributed by atoms with Gasteiger partial charge in [0.05, 0.1) is 71.5 Å². The van der Waals surface area contributed by atoms with Crippen molar-refractivity contribution in [1.82, 2.24) is 31.5 Å². The first-order chi connectivity index (χ1) is 68.2. The fraction of sp³-hybridized carbons (Fsp3) is 0.496. The number of likely N-dealkylation sites (tertiary alicyclic amines) is 1. The molecule has 8 aromatic rings. The van der Waals surface area contributed by atoms with Gasteiger partial charge in [0, 0.05) is 110 Å². The van der Waals surface area contributed by atoms with Crippen LogP contribution in [0.3, 0.4) is 0 Å². The molecule has 2 saturated heterocycles. The summed E-state index contributed by atoms with van der Waals surface area (Å²) in [5.41, 5.74) is 33.7. The van der Waals surface area contributed by atoms with E-state index >= 15 is 0 Å². The first-order valence-corrected chi connectivity index (χ1v) is 54.0. The van der Waals surface area contributed by atoms with Crippen LogP contribution in [0.4, 0.5) is 5.69 Å². The number of piperidine rings is 2. The molecule has 1 amide bonds. The summed E-state index contributed by atoms with van der Waals surface area (Å²) in [6, 6.07) is 57.6. The summed E-state index contributed by atoms with van der Waals surface area (Å²) in [5.74, 6) is 1.93. The van der Waals surface area contributed by atoms with Gasteiger partial charge in [-0.25, -0.2) is 4.85 Å². The van der Waals surface area contributed by atoms with Crippen molar-refractivity contribution in [2.24, 2.45) is 76.2 Å². The Bertz CT molecular complexity index is 5190. The lowest BCUT2D eigenvalue weighted by atomic mass is 9.93. The van der Waals surface area contributed by atoms with Gasteiger partial charge < -0.3 is 54.4 Å². The molecule has 0 radical (unpaired) electrons. The zero-order valence-corrected chi connectivity index (χ0v) is 95.7. The van der Waals surface area contributed by atoms with Crippen molar-refractivity contribution in [3.8, 4) is 0 Å². The first-order valence-electron chi connectivity index (χ1n) is 50.6. The largest absolute Gasteiger partial charge is 0.343 e. The lowest BCUT2D eigenvalue weighted by molar-refractivity contribution is -0.130. The van der Waals surface area contributed by atoms with Crippen molar-refractivity contribution in [3.05, 3.63) is 283 Å². The van der Waals surface area contributed by atoms with Gasteiger partial charge in [-0.15, -0.1) is 0 Å². The smallest absolute Gasteiger partial charge is 0.219 e. The van der Waals surface area contributed by atoms with Crippen molar-refractivity contribution in [1.29, 1.82) is 0 Å². The van der Waals surface area contributed by atoms with Crippen LogP contribution in [0.5, 0.6) is 0 Å². The SMILES string of the molecule is CC(=O)N1CCC(N[C@H](Cc2ccc(Cl)cc2)C(=O)C(C)C)CC1.CC(C)C(=O)[C@@H](Cc1ccc(Cl)cc1)NC1CCNCC1.CC(C)C(=O)[C@H](N)Cc1ccc(Cl)c(Cl)c1.CC(C)C(=O)[C@H](N)Cc1ccc(I)cc1.CC(C)CC(=O)CN[C@H](Cc1ccc(Cl)cc1)C(=O)C(C)C.CN[C@H](Cc1ccc(Cl)cc1)C(=O)C(C)C.Cc1ccc(C[C@@H](N)C(=O)C(C)C)cc1.[C-]#[N+]c1ccc(C[C@@H](N)C(=O)C(C)C)cc1. The molecule has 10 rings (SSSR count). The van der Waals surface area contributed by atoms with Gasteiger partial charge >= 0.3 is 0 Å². The second-order valence-electron chi connectivity index (χ2n) is 40.3. The number of nitrogens with one attached hydrogen (secondary N) is 5. The van der Waals surface area contributed by atoms with Crippen LogP contribution in [0.15, 0.2) is 188 Å². The summed E-state index contributed by atoms with van der Waals surface area (Å²) in [7, 11) is 1.82. The molecule has 0 saturated carbocycles. The van der Waals surface area contributed by atoms with E-state index in [1.807, 2.05) is 307 Å². The number of halogens is 7. The van der Waals surface area contributed by atoms with Gasteiger partial charge in [-0.3, -0.25) is 47.9 Å². The van der Waals surface area contributed by atoms with Crippen molar-refractivity contribution in [2.45, 2.75) is 282 Å². The molecule has 13 N–H and O–H groups in total. The molecule has 0 spiro atoms. The third-order valence-electron chi connectivity index (χ3n) is 24.4. The molecule has 2 heterocycles. The minimum Gasteiger partial charge on any atom is -0.343 e. The molecule has 794 valence electrons. The van der Waals surface area contributed by atoms with Crippen molar-refractivity contribution in [3.63, 3.8) is 0 Å². The molecule has 0 aromatic heterocycles. The Morgan fingerprint density at radius 2 is 0.648 bits per heavy atom. The average Bonchev–Trinajstić information content (AvgIpc) is 0.867. The monoisotopic (exact) mass is 2220 g/mol. The quantitative estimate of drug-likeness (QED) is 0.0127. The molecule has 145 heavy (non-hydrogen) atoms. The number of rotatable bonds is 42. The van der Waals surface area contributed by atoms with Crippen molar-refractivity contribution >= 4 is 156 Å². The van der Waals surface area contributed by atoms with E-state index in [0.717, 1.165) is 113 Å². The third kappa shape index (κ3) is 53.2. The van der Waals surface area contributed by atoms with E-state index in [9.17, 15) is 47.9 Å². The maximum absolute atomic E-state index is 12.6. The number of aryl methyl sites for hydroxylation is 1. The summed E-state index contributed by atoms with van der Waals surface area (Å²) in [5, 5.41) is 20.5. The zero-order valence-electron chi connectivity index (χ0n) is 89.0. The van der Waals surface area contributed by atoms with Gasteiger partial charge in [0.1, 0.15) is 5.78 Å². The maximum Gasteiger partial charge on any atom is 0.219 e. The molecule has 0 unspecified atom stereocenters. The molecule has 28 heteroatoms. The van der Waals surface area contributed by atoms with Crippen LogP contribution in [0.25, 0.3) is 4.85 Å². The van der Waals surface area contributed by atoms with Crippen molar-refractivity contribution < 1.29 is 47.9 Å². The number of carbonyl (C=O) groups excluding carboxylic acids is 10. The van der Waals surface area contributed by atoms with Crippen molar-refractivity contribution in [2.75, 3.05) is 39.8 Å². The number of hydrogen-bond donors (Lipinski definition) is 9. The zero-order chi connectivity index (χ0) is 109. The molecule has 8 aromatic carbocycles. The number of amides is 1. The summed E-state index contributed by atoms with van der Waals surface area (Å²) in [6.07, 6.45) is 9.48. The summed E-state index contributed by atoms with van der Waals surface area (Å²) < 4.78 is 1.19. The van der Waals surface area contributed by atoms with Crippen LogP contribution in [-0.2, 0) is 99.3 Å². The van der Waals surface area contributed by atoms with E-state index in [1.54, 1.807) is 31.2 Å². The Kier molecular flexibility index (Phi) is 63.3. The molecule has 21 nitrogen and oxygen atoms in total. The molecule has 0 aliphatic carbocycles.